The largest absolute Gasteiger partial charge is 0.481 e. The minimum Gasteiger partial charge on any atom is -0.481 e. The molecule has 0 spiro atoms. The van der Waals surface area contributed by atoms with Gasteiger partial charge in [-0.05, 0) is 63.4 Å². The third kappa shape index (κ3) is 8.38. The van der Waals surface area contributed by atoms with Crippen molar-refractivity contribution in [2.45, 2.75) is 90.1 Å². The van der Waals surface area contributed by atoms with Crippen LogP contribution in [0.5, 0.6) is 0 Å². The number of aliphatic hydroxyl groups is 1. The van der Waals surface area contributed by atoms with E-state index in [1.54, 1.807) is 18.2 Å². The van der Waals surface area contributed by atoms with E-state index in [1.165, 1.54) is 0 Å². The zero-order valence-electron chi connectivity index (χ0n) is 24.7. The number of likely N-dealkylation sites (tertiary alicyclic amines) is 1. The van der Waals surface area contributed by atoms with Gasteiger partial charge in [0.05, 0.1) is 25.2 Å². The van der Waals surface area contributed by atoms with E-state index in [9.17, 15) is 19.5 Å². The first-order chi connectivity index (χ1) is 19.9. The summed E-state index contributed by atoms with van der Waals surface area (Å²) >= 11 is 0. The number of ether oxygens (including phenoxy) is 3. The molecule has 0 saturated carbocycles. The molecule has 0 unspecified atom stereocenters. The Morgan fingerprint density at radius 1 is 1.05 bits per heavy atom. The van der Waals surface area contributed by atoms with Gasteiger partial charge in [0.25, 0.3) is 0 Å². The van der Waals surface area contributed by atoms with Crippen molar-refractivity contribution in [1.82, 2.24) is 4.90 Å². The molecule has 2 aromatic carbocycles. The maximum absolute atomic E-state index is 13.0. The number of anilines is 1. The molecular formula is C32H42N2O8. The Labute approximate surface area is 246 Å². The number of benzene rings is 2. The molecule has 2 saturated heterocycles. The predicted octanol–water partition coefficient (Wildman–Crippen LogP) is 4.58. The first-order valence-electron chi connectivity index (χ1n) is 14.5. The molecule has 0 radical (unpaired) electrons. The van der Waals surface area contributed by atoms with Gasteiger partial charge in [-0.1, -0.05) is 43.3 Å². The molecule has 42 heavy (non-hydrogen) atoms. The highest BCUT2D eigenvalue weighted by atomic mass is 16.7. The van der Waals surface area contributed by atoms with Crippen molar-refractivity contribution in [2.24, 2.45) is 5.92 Å². The lowest BCUT2D eigenvalue weighted by Crippen LogP contribution is -2.48. The standard InChI is InChI=1S/C32H42N2O8/c1-20-26(18-34-16-6-9-25(34)30(39)42-32(2,3)4)40-31(41-29(20)22-12-10-21(19-35)11-13-22)23-7-5-8-24(17-23)33-27(36)14-15-28(37)38/h5,7-8,10-13,17,20,25-26,29,31,35H,6,9,14-16,18-19H2,1-4H3,(H,33,36)(H,37,38)/t20-,25+,26+,29+,31+/m1/s1. The van der Waals surface area contributed by atoms with E-state index < -0.39 is 23.8 Å². The smallest absolute Gasteiger partial charge is 0.323 e. The maximum Gasteiger partial charge on any atom is 0.323 e. The number of aliphatic carboxylic acids is 1. The summed E-state index contributed by atoms with van der Waals surface area (Å²) in [6.07, 6.45) is -0.145. The molecular weight excluding hydrogens is 540 g/mol. The number of aliphatic hydroxyl groups excluding tert-OH is 1. The van der Waals surface area contributed by atoms with Crippen LogP contribution in [0.3, 0.4) is 0 Å². The predicted molar refractivity (Wildman–Crippen MR) is 155 cm³/mol. The third-order valence-corrected chi connectivity index (χ3v) is 7.59. The van der Waals surface area contributed by atoms with Crippen LogP contribution in [0.4, 0.5) is 5.69 Å². The van der Waals surface area contributed by atoms with Crippen molar-refractivity contribution >= 4 is 23.5 Å². The molecule has 2 heterocycles. The van der Waals surface area contributed by atoms with Gasteiger partial charge in [-0.15, -0.1) is 0 Å². The summed E-state index contributed by atoms with van der Waals surface area (Å²) in [7, 11) is 0. The molecule has 0 bridgehead atoms. The molecule has 0 aliphatic carbocycles. The molecule has 3 N–H and O–H groups in total. The first-order valence-corrected chi connectivity index (χ1v) is 14.5. The van der Waals surface area contributed by atoms with Crippen molar-refractivity contribution in [3.63, 3.8) is 0 Å². The fraction of sp³-hybridized carbons (Fsp3) is 0.531. The number of hydrogen-bond acceptors (Lipinski definition) is 8. The van der Waals surface area contributed by atoms with Crippen molar-refractivity contribution in [1.29, 1.82) is 0 Å². The molecule has 2 fully saturated rings. The van der Waals surface area contributed by atoms with Crippen LogP contribution in [0.15, 0.2) is 48.5 Å². The Morgan fingerprint density at radius 3 is 2.45 bits per heavy atom. The summed E-state index contributed by atoms with van der Waals surface area (Å²) in [6, 6.07) is 14.4. The molecule has 2 aromatic rings. The molecule has 10 heteroatoms. The second kappa shape index (κ2) is 13.8. The van der Waals surface area contributed by atoms with Gasteiger partial charge >= 0.3 is 11.9 Å². The topological polar surface area (TPSA) is 135 Å². The minimum atomic E-state index is -1.03. The van der Waals surface area contributed by atoms with Gasteiger partial charge in [-0.25, -0.2) is 0 Å². The number of carboxylic acids is 1. The molecule has 228 valence electrons. The number of hydrogen-bond donors (Lipinski definition) is 3. The van der Waals surface area contributed by atoms with Gasteiger partial charge in [0.1, 0.15) is 11.6 Å². The van der Waals surface area contributed by atoms with Crippen LogP contribution >= 0.6 is 0 Å². The third-order valence-electron chi connectivity index (χ3n) is 7.59. The Hall–Kier alpha value is -3.31. The molecule has 5 atom stereocenters. The number of esters is 1. The van der Waals surface area contributed by atoms with Gasteiger partial charge < -0.3 is 29.7 Å². The van der Waals surface area contributed by atoms with Crippen LogP contribution in [0.1, 0.15) is 82.5 Å². The summed E-state index contributed by atoms with van der Waals surface area (Å²) in [4.78, 5) is 38.3. The minimum absolute atomic E-state index is 0.0539. The van der Waals surface area contributed by atoms with Crippen LogP contribution in [0.25, 0.3) is 0 Å². The van der Waals surface area contributed by atoms with Crippen LogP contribution < -0.4 is 5.32 Å². The quantitative estimate of drug-likeness (QED) is 0.344. The normalized spacial score (nSPS) is 24.7. The zero-order chi connectivity index (χ0) is 30.4. The van der Waals surface area contributed by atoms with E-state index in [0.29, 0.717) is 17.8 Å². The van der Waals surface area contributed by atoms with Crippen LogP contribution in [0.2, 0.25) is 0 Å². The highest BCUT2D eigenvalue weighted by Crippen LogP contribution is 2.42. The summed E-state index contributed by atoms with van der Waals surface area (Å²) < 4.78 is 18.8. The van der Waals surface area contributed by atoms with Crippen LogP contribution in [-0.4, -0.2) is 63.8 Å². The molecule has 4 rings (SSSR count). The van der Waals surface area contributed by atoms with Gasteiger partial charge in [0.15, 0.2) is 6.29 Å². The van der Waals surface area contributed by atoms with E-state index in [4.69, 9.17) is 19.3 Å². The second-order valence-electron chi connectivity index (χ2n) is 12.1. The molecule has 0 aromatic heterocycles. The summed E-state index contributed by atoms with van der Waals surface area (Å²) in [5.74, 6) is -1.72. The Kier molecular flexibility index (Phi) is 10.4. The highest BCUT2D eigenvalue weighted by Gasteiger charge is 2.42. The Bertz CT molecular complexity index is 1240. The van der Waals surface area contributed by atoms with Crippen molar-refractivity contribution in [3.05, 3.63) is 65.2 Å². The molecule has 10 nitrogen and oxygen atoms in total. The Morgan fingerprint density at radius 2 is 1.79 bits per heavy atom. The lowest BCUT2D eigenvalue weighted by Gasteiger charge is -2.43. The summed E-state index contributed by atoms with van der Waals surface area (Å²) in [6.45, 7) is 8.90. The van der Waals surface area contributed by atoms with Crippen molar-refractivity contribution < 1.29 is 38.8 Å². The van der Waals surface area contributed by atoms with E-state index >= 15 is 0 Å². The van der Waals surface area contributed by atoms with E-state index in [1.807, 2.05) is 51.1 Å². The van der Waals surface area contributed by atoms with Gasteiger partial charge in [0, 0.05) is 30.1 Å². The summed E-state index contributed by atoms with van der Waals surface area (Å²) in [5.41, 5.74) is 2.39. The van der Waals surface area contributed by atoms with E-state index in [0.717, 1.165) is 30.5 Å². The Balaban J connectivity index is 1.57. The number of carboxylic acid groups (broad SMARTS) is 1. The second-order valence-corrected chi connectivity index (χ2v) is 12.1. The summed E-state index contributed by atoms with van der Waals surface area (Å²) in [5, 5.41) is 21.2. The van der Waals surface area contributed by atoms with Crippen molar-refractivity contribution in [2.75, 3.05) is 18.4 Å². The molecule has 1 amide bonds. The van der Waals surface area contributed by atoms with E-state index in [2.05, 4.69) is 17.1 Å². The average Bonchev–Trinajstić information content (AvgIpc) is 3.41. The molecule has 2 aliphatic rings. The molecule has 2 aliphatic heterocycles. The number of carbonyl (C=O) groups excluding carboxylic acids is 2. The fourth-order valence-electron chi connectivity index (χ4n) is 5.45. The highest BCUT2D eigenvalue weighted by molar-refractivity contribution is 5.92. The first kappa shape index (κ1) is 31.6. The van der Waals surface area contributed by atoms with Gasteiger partial charge in [0.2, 0.25) is 5.91 Å². The number of nitrogens with one attached hydrogen (secondary N) is 1. The monoisotopic (exact) mass is 582 g/mol. The van der Waals surface area contributed by atoms with Crippen LogP contribution in [0, 0.1) is 5.92 Å². The maximum atomic E-state index is 13.0. The van der Waals surface area contributed by atoms with Gasteiger partial charge in [-0.3, -0.25) is 19.3 Å². The van der Waals surface area contributed by atoms with Gasteiger partial charge in [-0.2, -0.15) is 0 Å². The average molecular weight is 583 g/mol. The number of nitrogens with zero attached hydrogens (tertiary/aromatic N) is 1. The number of carbonyl (C=O) groups is 3. The lowest BCUT2D eigenvalue weighted by molar-refractivity contribution is -0.276. The number of rotatable bonds is 10. The lowest BCUT2D eigenvalue weighted by atomic mass is 9.90. The number of amides is 1. The van der Waals surface area contributed by atoms with Crippen molar-refractivity contribution in [3.8, 4) is 0 Å². The van der Waals surface area contributed by atoms with Crippen LogP contribution in [-0.2, 0) is 35.2 Å². The fourth-order valence-corrected chi connectivity index (χ4v) is 5.45. The SMILES string of the molecule is C[C@@H]1[C@H](CN2CCC[C@H]2C(=O)OC(C)(C)C)O[C@H](c2cccc(NC(=O)CCC(=O)O)c2)O[C@@H]1c1ccc(CO)cc1. The zero-order valence-corrected chi connectivity index (χ0v) is 24.7. The van der Waals surface area contributed by atoms with E-state index in [-0.39, 0.29) is 49.6 Å².